The van der Waals surface area contributed by atoms with Crippen LogP contribution in [0.3, 0.4) is 0 Å². The quantitative estimate of drug-likeness (QED) is 0.628. The molecule has 0 radical (unpaired) electrons. The molecule has 0 atom stereocenters. The van der Waals surface area contributed by atoms with Crippen molar-refractivity contribution in [3.63, 3.8) is 0 Å². The number of hydrogen-bond donors (Lipinski definition) is 0. The van der Waals surface area contributed by atoms with Crippen LogP contribution in [0.25, 0.3) is 6.08 Å². The minimum Gasteiger partial charge on any atom is -0.454 e. The first-order chi connectivity index (χ1) is 14.3. The minimum absolute atomic E-state index is 0.120. The molecule has 0 bridgehead atoms. The molecule has 0 N–H and O–H groups in total. The number of carbonyl (C=O) groups excluding carboxylic acids is 1. The van der Waals surface area contributed by atoms with Gasteiger partial charge in [0.2, 0.25) is 6.79 Å². The van der Waals surface area contributed by atoms with Crippen LogP contribution in [-0.4, -0.2) is 34.9 Å². The van der Waals surface area contributed by atoms with Crippen molar-refractivity contribution < 1.29 is 14.3 Å². The van der Waals surface area contributed by atoms with Crippen LogP contribution in [0.1, 0.15) is 69.8 Å². The Morgan fingerprint density at radius 1 is 0.966 bits per heavy atom. The first-order valence-corrected chi connectivity index (χ1v) is 11.8. The molecule has 3 fully saturated rings. The van der Waals surface area contributed by atoms with Crippen LogP contribution in [0.2, 0.25) is 0 Å². The first kappa shape index (κ1) is 19.0. The van der Waals surface area contributed by atoms with Gasteiger partial charge in [-0.05, 0) is 61.2 Å². The molecule has 154 valence electrons. The van der Waals surface area contributed by atoms with E-state index in [1.54, 1.807) is 11.8 Å². The predicted molar refractivity (Wildman–Crippen MR) is 116 cm³/mol. The number of benzene rings is 1. The second-order valence-electron chi connectivity index (χ2n) is 8.39. The van der Waals surface area contributed by atoms with E-state index < -0.39 is 0 Å². The molecule has 5 nitrogen and oxygen atoms in total. The predicted octanol–water partition coefficient (Wildman–Crippen LogP) is 5.35. The number of fused-ring (bicyclic) bond motifs is 1. The summed E-state index contributed by atoms with van der Waals surface area (Å²) < 4.78 is 10.9. The molecule has 2 aliphatic heterocycles. The van der Waals surface area contributed by atoms with Crippen molar-refractivity contribution in [1.29, 1.82) is 0 Å². The number of hydrogen-bond acceptors (Lipinski definition) is 5. The first-order valence-electron chi connectivity index (χ1n) is 11.0. The number of rotatable bonds is 3. The largest absolute Gasteiger partial charge is 0.454 e. The van der Waals surface area contributed by atoms with E-state index in [0.717, 1.165) is 52.8 Å². The van der Waals surface area contributed by atoms with Crippen LogP contribution >= 0.6 is 11.8 Å². The number of aliphatic imine (C=N–C) groups is 1. The van der Waals surface area contributed by atoms with Crippen molar-refractivity contribution in [1.82, 2.24) is 4.90 Å². The molecule has 1 aromatic rings. The number of amidine groups is 1. The smallest absolute Gasteiger partial charge is 0.266 e. The van der Waals surface area contributed by atoms with E-state index in [0.29, 0.717) is 12.1 Å². The van der Waals surface area contributed by atoms with E-state index >= 15 is 0 Å². The molecule has 4 aliphatic rings. The zero-order valence-electron chi connectivity index (χ0n) is 16.8. The minimum atomic E-state index is 0.120. The molecule has 2 heterocycles. The van der Waals surface area contributed by atoms with Crippen LogP contribution in [0.15, 0.2) is 28.1 Å². The normalized spacial score (nSPS) is 26.1. The van der Waals surface area contributed by atoms with Gasteiger partial charge in [-0.2, -0.15) is 0 Å². The van der Waals surface area contributed by atoms with Gasteiger partial charge in [-0.1, -0.05) is 44.6 Å². The van der Waals surface area contributed by atoms with Gasteiger partial charge in [0, 0.05) is 6.04 Å². The summed E-state index contributed by atoms with van der Waals surface area (Å²) in [6, 6.07) is 6.51. The lowest BCUT2D eigenvalue weighted by molar-refractivity contribution is -0.124. The Hall–Kier alpha value is -1.95. The Bertz CT molecular complexity index is 839. The van der Waals surface area contributed by atoms with Crippen molar-refractivity contribution in [2.45, 2.75) is 76.3 Å². The van der Waals surface area contributed by atoms with Gasteiger partial charge in [0.1, 0.15) is 0 Å². The van der Waals surface area contributed by atoms with E-state index in [1.807, 2.05) is 29.2 Å². The molecule has 6 heteroatoms. The standard InChI is InChI=1S/C23H28N2O3S/c26-22-21(14-16-11-12-19-20(13-16)28-15-27-19)29-23(24-17-7-3-1-4-8-17)25(22)18-9-5-2-6-10-18/h11-14,17-18H,1-10,15H2. The van der Waals surface area contributed by atoms with Crippen molar-refractivity contribution >= 4 is 28.9 Å². The Morgan fingerprint density at radius 3 is 2.48 bits per heavy atom. The monoisotopic (exact) mass is 412 g/mol. The van der Waals surface area contributed by atoms with Crippen LogP contribution < -0.4 is 9.47 Å². The molecule has 2 saturated carbocycles. The Morgan fingerprint density at radius 2 is 1.69 bits per heavy atom. The van der Waals surface area contributed by atoms with Crippen molar-refractivity contribution in [2.24, 2.45) is 4.99 Å². The Balaban J connectivity index is 1.44. The molecule has 5 rings (SSSR count). The number of nitrogens with zero attached hydrogens (tertiary/aromatic N) is 2. The average molecular weight is 413 g/mol. The fourth-order valence-electron chi connectivity index (χ4n) is 4.76. The second kappa shape index (κ2) is 8.42. The molecule has 0 unspecified atom stereocenters. The fraction of sp³-hybridized carbons (Fsp3) is 0.565. The zero-order valence-corrected chi connectivity index (χ0v) is 17.6. The van der Waals surface area contributed by atoms with E-state index in [1.165, 1.54) is 38.5 Å². The molecule has 2 aliphatic carbocycles. The lowest BCUT2D eigenvalue weighted by Crippen LogP contribution is -2.41. The van der Waals surface area contributed by atoms with Crippen LogP contribution in [0, 0.1) is 0 Å². The highest BCUT2D eigenvalue weighted by molar-refractivity contribution is 8.18. The molecule has 1 amide bonds. The SMILES string of the molecule is O=C1C(=Cc2ccc3c(c2)OCO3)SC(=NC2CCCCC2)N1C1CCCCC1. The maximum Gasteiger partial charge on any atom is 0.266 e. The van der Waals surface area contributed by atoms with Gasteiger partial charge in [-0.25, -0.2) is 0 Å². The Kier molecular flexibility index (Phi) is 5.53. The third-order valence-electron chi connectivity index (χ3n) is 6.34. The topological polar surface area (TPSA) is 51.1 Å². The highest BCUT2D eigenvalue weighted by Crippen LogP contribution is 2.39. The van der Waals surface area contributed by atoms with Gasteiger partial charge < -0.3 is 9.47 Å². The van der Waals surface area contributed by atoms with Crippen molar-refractivity contribution in [3.05, 3.63) is 28.7 Å². The van der Waals surface area contributed by atoms with Gasteiger partial charge in [-0.3, -0.25) is 14.7 Å². The lowest BCUT2D eigenvalue weighted by Gasteiger charge is -2.31. The van der Waals surface area contributed by atoms with Crippen molar-refractivity contribution in [3.8, 4) is 11.5 Å². The molecule has 0 aromatic heterocycles. The molecular weight excluding hydrogens is 384 g/mol. The summed E-state index contributed by atoms with van der Waals surface area (Å²) in [6.07, 6.45) is 14.0. The number of carbonyl (C=O) groups is 1. The summed E-state index contributed by atoms with van der Waals surface area (Å²) in [5.41, 5.74) is 0.965. The summed E-state index contributed by atoms with van der Waals surface area (Å²) in [4.78, 5) is 21.3. The van der Waals surface area contributed by atoms with Crippen molar-refractivity contribution in [2.75, 3.05) is 6.79 Å². The Labute approximate surface area is 176 Å². The highest BCUT2D eigenvalue weighted by atomic mass is 32.2. The fourth-order valence-corrected chi connectivity index (χ4v) is 5.87. The summed E-state index contributed by atoms with van der Waals surface area (Å²) in [6.45, 7) is 0.261. The number of thioether (sulfide) groups is 1. The molecule has 0 spiro atoms. The van der Waals surface area contributed by atoms with Crippen LogP contribution in [0.4, 0.5) is 0 Å². The molecule has 29 heavy (non-hydrogen) atoms. The molecular formula is C23H28N2O3S. The van der Waals surface area contributed by atoms with Gasteiger partial charge in [-0.15, -0.1) is 0 Å². The number of ether oxygens (including phenoxy) is 2. The lowest BCUT2D eigenvalue weighted by atomic mass is 9.94. The summed E-state index contributed by atoms with van der Waals surface area (Å²) in [7, 11) is 0. The summed E-state index contributed by atoms with van der Waals surface area (Å²) in [5, 5.41) is 0.931. The maximum atomic E-state index is 13.4. The van der Waals surface area contributed by atoms with Gasteiger partial charge in [0.25, 0.3) is 5.91 Å². The molecule has 1 aromatic carbocycles. The second-order valence-corrected chi connectivity index (χ2v) is 9.40. The van der Waals surface area contributed by atoms with Gasteiger partial charge in [0.05, 0.1) is 10.9 Å². The summed E-state index contributed by atoms with van der Waals surface area (Å²) in [5.74, 6) is 1.63. The molecule has 1 saturated heterocycles. The van der Waals surface area contributed by atoms with Gasteiger partial charge >= 0.3 is 0 Å². The van der Waals surface area contributed by atoms with Crippen LogP contribution in [0.5, 0.6) is 11.5 Å². The maximum absolute atomic E-state index is 13.4. The van der Waals surface area contributed by atoms with Crippen LogP contribution in [-0.2, 0) is 4.79 Å². The highest BCUT2D eigenvalue weighted by Gasteiger charge is 2.39. The average Bonchev–Trinajstić information content (AvgIpc) is 3.34. The number of amides is 1. The third kappa shape index (κ3) is 4.04. The summed E-state index contributed by atoms with van der Waals surface area (Å²) >= 11 is 1.56. The zero-order chi connectivity index (χ0) is 19.6. The van der Waals surface area contributed by atoms with E-state index in [4.69, 9.17) is 14.5 Å². The third-order valence-corrected chi connectivity index (χ3v) is 7.34. The van der Waals surface area contributed by atoms with Gasteiger partial charge in [0.15, 0.2) is 16.7 Å². The van der Waals surface area contributed by atoms with E-state index in [2.05, 4.69) is 0 Å². The van der Waals surface area contributed by atoms with E-state index in [9.17, 15) is 4.79 Å². The van der Waals surface area contributed by atoms with E-state index in [-0.39, 0.29) is 12.7 Å².